The van der Waals surface area contributed by atoms with Crippen molar-refractivity contribution in [3.8, 4) is 0 Å². The van der Waals surface area contributed by atoms with Crippen LogP contribution < -0.4 is 5.73 Å². The number of aliphatic hydroxyl groups is 1. The largest absolute Gasteiger partial charge is 0.461 e. The van der Waals surface area contributed by atoms with Gasteiger partial charge in [-0.2, -0.15) is 11.8 Å². The molecule has 4 nitrogen and oxygen atoms in total. The van der Waals surface area contributed by atoms with Crippen molar-refractivity contribution in [1.29, 1.82) is 0 Å². The number of thioether (sulfide) groups is 1. The van der Waals surface area contributed by atoms with E-state index in [4.69, 9.17) is 10.5 Å². The summed E-state index contributed by atoms with van der Waals surface area (Å²) in [6.45, 7) is 7.68. The fourth-order valence-electron chi connectivity index (χ4n) is 1.07. The molecule has 5 heteroatoms. The van der Waals surface area contributed by atoms with Crippen molar-refractivity contribution in [1.82, 2.24) is 0 Å². The lowest BCUT2D eigenvalue weighted by Gasteiger charge is -2.19. The van der Waals surface area contributed by atoms with E-state index in [1.807, 2.05) is 0 Å². The Hall–Kier alpha value is -0.260. The fourth-order valence-corrected chi connectivity index (χ4v) is 1.95. The molecule has 0 fully saturated rings. The van der Waals surface area contributed by atoms with Crippen LogP contribution in [-0.2, 0) is 9.53 Å². The highest BCUT2D eigenvalue weighted by atomic mass is 32.2. The van der Waals surface area contributed by atoms with E-state index in [9.17, 15) is 9.90 Å². The molecule has 0 radical (unpaired) electrons. The topological polar surface area (TPSA) is 72.5 Å². The first-order valence-corrected chi connectivity index (χ1v) is 6.65. The molecule has 0 bridgehead atoms. The number of hydrogen-bond donors (Lipinski definition) is 2. The second kappa shape index (κ2) is 7.92. The van der Waals surface area contributed by atoms with Gasteiger partial charge in [-0.05, 0) is 31.3 Å². The van der Waals surface area contributed by atoms with Gasteiger partial charge < -0.3 is 15.6 Å². The van der Waals surface area contributed by atoms with Gasteiger partial charge >= 0.3 is 5.97 Å². The first kappa shape index (κ1) is 15.7. The van der Waals surface area contributed by atoms with Crippen molar-refractivity contribution < 1.29 is 14.6 Å². The lowest BCUT2D eigenvalue weighted by Crippen LogP contribution is -2.42. The van der Waals surface area contributed by atoms with E-state index in [0.717, 1.165) is 5.75 Å². The summed E-state index contributed by atoms with van der Waals surface area (Å²) in [4.78, 5) is 11.3. The molecular formula is C11H23NO3S. The molecule has 0 spiro atoms. The summed E-state index contributed by atoms with van der Waals surface area (Å²) in [5.41, 5.74) is 5.72. The molecule has 0 aliphatic carbocycles. The molecule has 0 rings (SSSR count). The number of hydrogen-bond acceptors (Lipinski definition) is 5. The molecule has 0 aromatic carbocycles. The summed E-state index contributed by atoms with van der Waals surface area (Å²) >= 11 is 1.76. The van der Waals surface area contributed by atoms with Gasteiger partial charge in [0.15, 0.2) is 6.10 Å². The molecule has 16 heavy (non-hydrogen) atoms. The van der Waals surface area contributed by atoms with Gasteiger partial charge in [-0.25, -0.2) is 4.79 Å². The minimum absolute atomic E-state index is 0.223. The molecule has 0 saturated heterocycles. The Morgan fingerprint density at radius 3 is 2.38 bits per heavy atom. The SMILES string of the molecule is CC(C)OC(=O)[C@@H](O)[C@H](N)CCSC(C)C. The average molecular weight is 249 g/mol. The Kier molecular flexibility index (Phi) is 7.80. The Bertz CT molecular complexity index is 209. The summed E-state index contributed by atoms with van der Waals surface area (Å²) in [6.07, 6.45) is -0.827. The van der Waals surface area contributed by atoms with Crippen LogP contribution in [0.25, 0.3) is 0 Å². The molecule has 0 heterocycles. The van der Waals surface area contributed by atoms with Crippen molar-refractivity contribution in [2.45, 2.75) is 57.6 Å². The van der Waals surface area contributed by atoms with E-state index in [1.165, 1.54) is 0 Å². The molecular weight excluding hydrogens is 226 g/mol. The van der Waals surface area contributed by atoms with E-state index in [2.05, 4.69) is 13.8 Å². The number of carbonyl (C=O) groups is 1. The van der Waals surface area contributed by atoms with Gasteiger partial charge in [0.1, 0.15) is 0 Å². The Morgan fingerprint density at radius 2 is 1.94 bits per heavy atom. The van der Waals surface area contributed by atoms with Crippen LogP contribution in [0.15, 0.2) is 0 Å². The zero-order chi connectivity index (χ0) is 12.7. The van der Waals surface area contributed by atoms with Crippen LogP contribution in [0.1, 0.15) is 34.1 Å². The van der Waals surface area contributed by atoms with Crippen molar-refractivity contribution in [3.05, 3.63) is 0 Å². The molecule has 96 valence electrons. The Labute approximate surface area is 102 Å². The predicted octanol–water partition coefficient (Wildman–Crippen LogP) is 1.16. The van der Waals surface area contributed by atoms with Crippen molar-refractivity contribution in [2.24, 2.45) is 5.73 Å². The smallest absolute Gasteiger partial charge is 0.336 e. The zero-order valence-corrected chi connectivity index (χ0v) is 11.3. The monoisotopic (exact) mass is 249 g/mol. The summed E-state index contributed by atoms with van der Waals surface area (Å²) in [5, 5.41) is 10.1. The first-order chi connectivity index (χ1) is 7.34. The summed E-state index contributed by atoms with van der Waals surface area (Å²) < 4.78 is 4.88. The van der Waals surface area contributed by atoms with Gasteiger partial charge in [-0.1, -0.05) is 13.8 Å². The lowest BCUT2D eigenvalue weighted by atomic mass is 10.1. The van der Waals surface area contributed by atoms with Gasteiger partial charge in [0.05, 0.1) is 6.10 Å². The predicted molar refractivity (Wildman–Crippen MR) is 67.4 cm³/mol. The maximum absolute atomic E-state index is 11.3. The summed E-state index contributed by atoms with van der Waals surface area (Å²) in [6, 6.07) is -0.544. The summed E-state index contributed by atoms with van der Waals surface area (Å²) in [7, 11) is 0. The highest BCUT2D eigenvalue weighted by Gasteiger charge is 2.24. The van der Waals surface area contributed by atoms with Crippen LogP contribution in [0, 0.1) is 0 Å². The highest BCUT2D eigenvalue weighted by Crippen LogP contribution is 2.12. The van der Waals surface area contributed by atoms with Crippen LogP contribution in [0.4, 0.5) is 0 Å². The van der Waals surface area contributed by atoms with Crippen molar-refractivity contribution in [2.75, 3.05) is 5.75 Å². The molecule has 0 unspecified atom stereocenters. The van der Waals surface area contributed by atoms with Gasteiger partial charge in [-0.3, -0.25) is 0 Å². The third-order valence-corrected chi connectivity index (χ3v) is 3.04. The third-order valence-electron chi connectivity index (χ3n) is 1.90. The second-order valence-electron chi connectivity index (χ2n) is 4.30. The first-order valence-electron chi connectivity index (χ1n) is 5.60. The van der Waals surface area contributed by atoms with Gasteiger partial charge in [0.2, 0.25) is 0 Å². The second-order valence-corrected chi connectivity index (χ2v) is 5.99. The normalized spacial score (nSPS) is 15.2. The van der Waals surface area contributed by atoms with E-state index >= 15 is 0 Å². The minimum atomic E-state index is -1.21. The average Bonchev–Trinajstić information content (AvgIpc) is 2.14. The van der Waals surface area contributed by atoms with E-state index < -0.39 is 18.1 Å². The fraction of sp³-hybridized carbons (Fsp3) is 0.909. The number of rotatable bonds is 7. The maximum atomic E-state index is 11.3. The van der Waals surface area contributed by atoms with Gasteiger partial charge in [0.25, 0.3) is 0 Å². The molecule has 0 amide bonds. The minimum Gasteiger partial charge on any atom is -0.461 e. The molecule has 2 atom stereocenters. The quantitative estimate of drug-likeness (QED) is 0.662. The van der Waals surface area contributed by atoms with Crippen LogP contribution in [-0.4, -0.2) is 40.3 Å². The van der Waals surface area contributed by atoms with Crippen LogP contribution in [0.3, 0.4) is 0 Å². The van der Waals surface area contributed by atoms with Crippen LogP contribution >= 0.6 is 11.8 Å². The van der Waals surface area contributed by atoms with Gasteiger partial charge in [0, 0.05) is 6.04 Å². The maximum Gasteiger partial charge on any atom is 0.336 e. The molecule has 0 aliphatic heterocycles. The Morgan fingerprint density at radius 1 is 1.38 bits per heavy atom. The molecule has 0 saturated carbocycles. The van der Waals surface area contributed by atoms with Crippen LogP contribution in [0.2, 0.25) is 0 Å². The van der Waals surface area contributed by atoms with Crippen LogP contribution in [0.5, 0.6) is 0 Å². The van der Waals surface area contributed by atoms with Crippen molar-refractivity contribution >= 4 is 17.7 Å². The van der Waals surface area contributed by atoms with E-state index in [-0.39, 0.29) is 6.10 Å². The lowest BCUT2D eigenvalue weighted by molar-refractivity contribution is -0.158. The third kappa shape index (κ3) is 7.09. The number of nitrogens with two attached hydrogens (primary N) is 1. The zero-order valence-electron chi connectivity index (χ0n) is 10.5. The summed E-state index contributed by atoms with van der Waals surface area (Å²) in [5.74, 6) is 0.210. The van der Waals surface area contributed by atoms with E-state index in [0.29, 0.717) is 11.7 Å². The van der Waals surface area contributed by atoms with Crippen molar-refractivity contribution in [3.63, 3.8) is 0 Å². The number of esters is 1. The molecule has 3 N–H and O–H groups in total. The molecule has 0 aromatic rings. The Balaban J connectivity index is 3.88. The highest BCUT2D eigenvalue weighted by molar-refractivity contribution is 7.99. The van der Waals surface area contributed by atoms with E-state index in [1.54, 1.807) is 25.6 Å². The standard InChI is InChI=1S/C11H23NO3S/c1-7(2)15-11(14)10(13)9(12)5-6-16-8(3)4/h7-10,13H,5-6,12H2,1-4H3/t9-,10+/m1/s1. The molecule has 0 aliphatic rings. The van der Waals surface area contributed by atoms with Gasteiger partial charge in [-0.15, -0.1) is 0 Å². The number of ether oxygens (including phenoxy) is 1. The number of aliphatic hydroxyl groups excluding tert-OH is 1. The number of carbonyl (C=O) groups excluding carboxylic acids is 1. The molecule has 0 aromatic heterocycles.